The molecule has 0 aliphatic carbocycles. The summed E-state index contributed by atoms with van der Waals surface area (Å²) < 4.78 is 1.07. The van der Waals surface area contributed by atoms with Gasteiger partial charge in [0, 0.05) is 23.2 Å². The van der Waals surface area contributed by atoms with E-state index in [1.807, 2.05) is 30.0 Å². The topological polar surface area (TPSA) is 43.7 Å². The van der Waals surface area contributed by atoms with Crippen LogP contribution in [-0.4, -0.2) is 36.5 Å². The molecule has 0 aromatic heterocycles. The third-order valence-corrected chi connectivity index (χ3v) is 3.14. The van der Waals surface area contributed by atoms with E-state index in [1.165, 1.54) is 0 Å². The summed E-state index contributed by atoms with van der Waals surface area (Å²) in [6.45, 7) is 3.29. The minimum atomic E-state index is 0.0924. The van der Waals surface area contributed by atoms with Gasteiger partial charge in [0.15, 0.2) is 0 Å². The van der Waals surface area contributed by atoms with Crippen LogP contribution in [0.3, 0.4) is 0 Å². The van der Waals surface area contributed by atoms with Gasteiger partial charge in [-0.15, -0.1) is 0 Å². The third kappa shape index (κ3) is 3.48. The predicted molar refractivity (Wildman–Crippen MR) is 65.3 cm³/mol. The molecule has 1 aromatic rings. The summed E-state index contributed by atoms with van der Waals surface area (Å²) in [6.07, 6.45) is 0. The Morgan fingerprint density at radius 1 is 1.20 bits per heavy atom. The van der Waals surface area contributed by atoms with Crippen LogP contribution >= 0.6 is 15.9 Å². The Morgan fingerprint density at radius 2 is 1.80 bits per heavy atom. The number of hydrogen-bond acceptors (Lipinski definition) is 3. The Kier molecular flexibility index (Phi) is 5.08. The molecule has 0 unspecified atom stereocenters. The molecule has 0 saturated heterocycles. The minimum Gasteiger partial charge on any atom is -0.395 e. The van der Waals surface area contributed by atoms with Crippen molar-refractivity contribution in [2.45, 2.75) is 6.92 Å². The molecule has 0 aliphatic heterocycles. The van der Waals surface area contributed by atoms with Crippen molar-refractivity contribution in [3.05, 3.63) is 28.2 Å². The molecule has 0 amide bonds. The summed E-state index contributed by atoms with van der Waals surface area (Å²) in [5.74, 6) is 0. The van der Waals surface area contributed by atoms with Gasteiger partial charge in [-0.1, -0.05) is 15.9 Å². The number of aliphatic hydroxyl groups is 2. The van der Waals surface area contributed by atoms with Crippen molar-refractivity contribution < 1.29 is 10.2 Å². The molecular formula is C11H16BrNO2. The normalized spacial score (nSPS) is 10.4. The van der Waals surface area contributed by atoms with Crippen LogP contribution in [0.1, 0.15) is 5.56 Å². The van der Waals surface area contributed by atoms with E-state index in [0.29, 0.717) is 13.1 Å². The first-order chi connectivity index (χ1) is 7.19. The summed E-state index contributed by atoms with van der Waals surface area (Å²) in [5, 5.41) is 17.8. The lowest BCUT2D eigenvalue weighted by molar-refractivity contribution is 0.281. The summed E-state index contributed by atoms with van der Waals surface area (Å²) in [5.41, 5.74) is 2.17. The van der Waals surface area contributed by atoms with Crippen LogP contribution in [0.25, 0.3) is 0 Å². The number of hydrogen-bond donors (Lipinski definition) is 2. The molecule has 84 valence electrons. The predicted octanol–water partition coefficient (Wildman–Crippen LogP) is 1.55. The molecule has 3 nitrogen and oxygen atoms in total. The van der Waals surface area contributed by atoms with Gasteiger partial charge < -0.3 is 15.1 Å². The molecule has 0 saturated carbocycles. The molecule has 0 spiro atoms. The maximum Gasteiger partial charge on any atom is 0.0606 e. The molecule has 15 heavy (non-hydrogen) atoms. The zero-order valence-corrected chi connectivity index (χ0v) is 10.4. The lowest BCUT2D eigenvalue weighted by Gasteiger charge is -2.23. The van der Waals surface area contributed by atoms with Crippen molar-refractivity contribution in [1.29, 1.82) is 0 Å². The number of aryl methyl sites for hydroxylation is 1. The molecule has 1 rings (SSSR count). The van der Waals surface area contributed by atoms with Crippen LogP contribution in [0.5, 0.6) is 0 Å². The van der Waals surface area contributed by atoms with Crippen LogP contribution in [0.2, 0.25) is 0 Å². The molecule has 4 heteroatoms. The van der Waals surface area contributed by atoms with E-state index in [4.69, 9.17) is 10.2 Å². The summed E-state index contributed by atoms with van der Waals surface area (Å²) in [7, 11) is 0. The largest absolute Gasteiger partial charge is 0.395 e. The maximum absolute atomic E-state index is 8.92. The van der Waals surface area contributed by atoms with Crippen LogP contribution in [0.15, 0.2) is 22.7 Å². The van der Waals surface area contributed by atoms with Crippen LogP contribution in [-0.2, 0) is 0 Å². The number of benzene rings is 1. The van der Waals surface area contributed by atoms with E-state index in [0.717, 1.165) is 15.7 Å². The Hall–Kier alpha value is -0.580. The van der Waals surface area contributed by atoms with E-state index >= 15 is 0 Å². The number of halogens is 1. The molecule has 0 aliphatic rings. The zero-order chi connectivity index (χ0) is 11.3. The molecule has 0 heterocycles. The molecule has 0 fully saturated rings. The summed E-state index contributed by atoms with van der Waals surface area (Å²) in [6, 6.07) is 5.99. The highest BCUT2D eigenvalue weighted by Gasteiger charge is 2.06. The fraction of sp³-hybridized carbons (Fsp3) is 0.455. The van der Waals surface area contributed by atoms with Crippen molar-refractivity contribution >= 4 is 21.6 Å². The molecular weight excluding hydrogens is 258 g/mol. The number of aliphatic hydroxyl groups excluding tert-OH is 2. The van der Waals surface area contributed by atoms with Crippen molar-refractivity contribution in [2.24, 2.45) is 0 Å². The number of anilines is 1. The van der Waals surface area contributed by atoms with Gasteiger partial charge >= 0.3 is 0 Å². The van der Waals surface area contributed by atoms with Gasteiger partial charge in [-0.25, -0.2) is 0 Å². The maximum atomic E-state index is 8.92. The standard InChI is InChI=1S/C11H16BrNO2/c1-9-8-10(2-3-11(9)12)13(4-6-14)5-7-15/h2-3,8,14-15H,4-7H2,1H3. The Balaban J connectivity index is 2.85. The summed E-state index contributed by atoms with van der Waals surface area (Å²) in [4.78, 5) is 1.96. The number of nitrogens with zero attached hydrogens (tertiary/aromatic N) is 1. The quantitative estimate of drug-likeness (QED) is 0.856. The summed E-state index contributed by atoms with van der Waals surface area (Å²) >= 11 is 3.44. The second kappa shape index (κ2) is 6.10. The molecule has 0 radical (unpaired) electrons. The van der Waals surface area contributed by atoms with Crippen LogP contribution < -0.4 is 4.90 Å². The van der Waals surface area contributed by atoms with Crippen molar-refractivity contribution in [1.82, 2.24) is 0 Å². The van der Waals surface area contributed by atoms with E-state index in [-0.39, 0.29) is 13.2 Å². The van der Waals surface area contributed by atoms with Gasteiger partial charge in [-0.05, 0) is 30.7 Å². The number of rotatable bonds is 5. The van der Waals surface area contributed by atoms with Gasteiger partial charge in [0.25, 0.3) is 0 Å². The molecule has 0 bridgehead atoms. The third-order valence-electron chi connectivity index (χ3n) is 2.25. The van der Waals surface area contributed by atoms with E-state index in [2.05, 4.69) is 15.9 Å². The van der Waals surface area contributed by atoms with Crippen molar-refractivity contribution in [3.63, 3.8) is 0 Å². The van der Waals surface area contributed by atoms with Gasteiger partial charge in [0.1, 0.15) is 0 Å². The Bertz CT molecular complexity index is 311. The smallest absolute Gasteiger partial charge is 0.0606 e. The fourth-order valence-corrected chi connectivity index (χ4v) is 1.68. The van der Waals surface area contributed by atoms with Gasteiger partial charge in [0.05, 0.1) is 13.2 Å². The fourth-order valence-electron chi connectivity index (χ4n) is 1.44. The second-order valence-electron chi connectivity index (χ2n) is 3.37. The first-order valence-corrected chi connectivity index (χ1v) is 5.71. The Labute approximate surface area is 98.5 Å². The first kappa shape index (κ1) is 12.5. The highest BCUT2D eigenvalue weighted by molar-refractivity contribution is 9.10. The molecule has 0 atom stereocenters. The van der Waals surface area contributed by atoms with Crippen molar-refractivity contribution in [3.8, 4) is 0 Å². The highest BCUT2D eigenvalue weighted by atomic mass is 79.9. The minimum absolute atomic E-state index is 0.0924. The van der Waals surface area contributed by atoms with Crippen molar-refractivity contribution in [2.75, 3.05) is 31.2 Å². The first-order valence-electron chi connectivity index (χ1n) is 4.92. The van der Waals surface area contributed by atoms with Crippen LogP contribution in [0.4, 0.5) is 5.69 Å². The van der Waals surface area contributed by atoms with Crippen LogP contribution in [0, 0.1) is 6.92 Å². The average Bonchev–Trinajstić information content (AvgIpc) is 2.22. The SMILES string of the molecule is Cc1cc(N(CCO)CCO)ccc1Br. The van der Waals surface area contributed by atoms with E-state index in [9.17, 15) is 0 Å². The average molecular weight is 274 g/mol. The van der Waals surface area contributed by atoms with E-state index in [1.54, 1.807) is 0 Å². The van der Waals surface area contributed by atoms with Gasteiger partial charge in [-0.2, -0.15) is 0 Å². The molecule has 2 N–H and O–H groups in total. The lowest BCUT2D eigenvalue weighted by Crippen LogP contribution is -2.29. The second-order valence-corrected chi connectivity index (χ2v) is 4.22. The molecule has 1 aromatic carbocycles. The highest BCUT2D eigenvalue weighted by Crippen LogP contribution is 2.22. The lowest BCUT2D eigenvalue weighted by atomic mass is 10.2. The monoisotopic (exact) mass is 273 g/mol. The van der Waals surface area contributed by atoms with E-state index < -0.39 is 0 Å². The van der Waals surface area contributed by atoms with Gasteiger partial charge in [-0.3, -0.25) is 0 Å². The Morgan fingerprint density at radius 3 is 2.27 bits per heavy atom. The zero-order valence-electron chi connectivity index (χ0n) is 8.78. The van der Waals surface area contributed by atoms with Gasteiger partial charge in [0.2, 0.25) is 0 Å².